The van der Waals surface area contributed by atoms with Gasteiger partial charge in [-0.05, 0) is 37.6 Å². The van der Waals surface area contributed by atoms with Crippen molar-refractivity contribution in [1.82, 2.24) is 9.47 Å². The molecule has 8 heteroatoms. The summed E-state index contributed by atoms with van der Waals surface area (Å²) in [5, 5.41) is 27.7. The quantitative estimate of drug-likeness (QED) is 0.770. The third-order valence-corrected chi connectivity index (χ3v) is 4.29. The van der Waals surface area contributed by atoms with E-state index < -0.39 is 5.56 Å². The highest BCUT2D eigenvalue weighted by molar-refractivity contribution is 5.94. The molecule has 146 valence electrons. The maximum Gasteiger partial charge on any atom is 0.281 e. The van der Waals surface area contributed by atoms with Crippen molar-refractivity contribution in [2.24, 2.45) is 10.2 Å². The van der Waals surface area contributed by atoms with Crippen LogP contribution in [0.2, 0.25) is 0 Å². The van der Waals surface area contributed by atoms with Crippen LogP contribution in [-0.4, -0.2) is 34.6 Å². The molecule has 0 atom stereocenters. The molecule has 0 aliphatic carbocycles. The van der Waals surface area contributed by atoms with Crippen LogP contribution in [-0.2, 0) is 6.54 Å². The van der Waals surface area contributed by atoms with E-state index in [4.69, 9.17) is 0 Å². The van der Waals surface area contributed by atoms with E-state index >= 15 is 0 Å². The van der Waals surface area contributed by atoms with Crippen molar-refractivity contribution in [3.63, 3.8) is 0 Å². The number of unbranched alkanes of at least 4 members (excludes halogenated alkanes) is 1. The van der Waals surface area contributed by atoms with Crippen LogP contribution < -0.4 is 5.56 Å². The SMILES string of the molecule is CCCCn1c(O)c(C#N)c(C)c(N=Nc2ccc(C(=O)N(C)C)cc2)c1=O. The molecule has 2 rings (SSSR count). The molecular weight excluding hydrogens is 358 g/mol. The zero-order valence-corrected chi connectivity index (χ0v) is 16.4. The molecule has 1 N–H and O–H groups in total. The molecule has 1 heterocycles. The Morgan fingerprint density at radius 2 is 1.89 bits per heavy atom. The molecule has 8 nitrogen and oxygen atoms in total. The molecule has 0 spiro atoms. The van der Waals surface area contributed by atoms with Crippen molar-refractivity contribution in [3.05, 3.63) is 51.3 Å². The summed E-state index contributed by atoms with van der Waals surface area (Å²) in [5.74, 6) is -0.473. The van der Waals surface area contributed by atoms with Gasteiger partial charge in [0.05, 0.1) is 5.69 Å². The first-order valence-corrected chi connectivity index (χ1v) is 8.91. The van der Waals surface area contributed by atoms with Crippen molar-refractivity contribution in [2.45, 2.75) is 33.2 Å². The summed E-state index contributed by atoms with van der Waals surface area (Å²) in [5.41, 5.74) is 0.779. The lowest BCUT2D eigenvalue weighted by Crippen LogP contribution is -2.22. The van der Waals surface area contributed by atoms with E-state index in [1.807, 2.05) is 13.0 Å². The molecule has 1 amide bonds. The van der Waals surface area contributed by atoms with Gasteiger partial charge < -0.3 is 10.0 Å². The lowest BCUT2D eigenvalue weighted by molar-refractivity contribution is 0.0827. The van der Waals surface area contributed by atoms with Gasteiger partial charge >= 0.3 is 0 Å². The van der Waals surface area contributed by atoms with Gasteiger partial charge in [-0.3, -0.25) is 14.2 Å². The fourth-order valence-electron chi connectivity index (χ4n) is 2.62. The number of carbonyl (C=O) groups excluding carboxylic acids is 1. The number of carbonyl (C=O) groups is 1. The lowest BCUT2D eigenvalue weighted by atomic mass is 10.1. The Balaban J connectivity index is 2.44. The lowest BCUT2D eigenvalue weighted by Gasteiger charge is -2.12. The molecule has 0 saturated carbocycles. The summed E-state index contributed by atoms with van der Waals surface area (Å²) in [6, 6.07) is 8.42. The molecule has 1 aromatic heterocycles. The third kappa shape index (κ3) is 4.26. The Morgan fingerprint density at radius 1 is 1.25 bits per heavy atom. The predicted octanol–water partition coefficient (Wildman–Crippen LogP) is 3.65. The van der Waals surface area contributed by atoms with Gasteiger partial charge in [0.25, 0.3) is 11.5 Å². The van der Waals surface area contributed by atoms with Crippen molar-refractivity contribution >= 4 is 17.3 Å². The molecule has 2 aromatic rings. The van der Waals surface area contributed by atoms with E-state index in [-0.39, 0.29) is 28.6 Å². The number of hydrogen-bond donors (Lipinski definition) is 1. The Kier molecular flexibility index (Phi) is 6.66. The number of hydrogen-bond acceptors (Lipinski definition) is 6. The maximum atomic E-state index is 12.7. The van der Waals surface area contributed by atoms with E-state index in [0.29, 0.717) is 24.2 Å². The van der Waals surface area contributed by atoms with Crippen LogP contribution in [0, 0.1) is 18.3 Å². The first-order valence-electron chi connectivity index (χ1n) is 8.91. The van der Waals surface area contributed by atoms with Gasteiger partial charge in [0.2, 0.25) is 5.88 Å². The first-order chi connectivity index (χ1) is 13.3. The molecular formula is C20H23N5O3. The average Bonchev–Trinajstić information content (AvgIpc) is 2.68. The van der Waals surface area contributed by atoms with E-state index in [9.17, 15) is 20.0 Å². The average molecular weight is 381 g/mol. The minimum absolute atomic E-state index is 0.0107. The van der Waals surface area contributed by atoms with E-state index in [1.165, 1.54) is 4.90 Å². The van der Waals surface area contributed by atoms with Crippen molar-refractivity contribution in [1.29, 1.82) is 5.26 Å². The van der Waals surface area contributed by atoms with Gasteiger partial charge in [0.15, 0.2) is 5.69 Å². The Bertz CT molecular complexity index is 998. The second kappa shape index (κ2) is 8.95. The predicted molar refractivity (Wildman–Crippen MR) is 105 cm³/mol. The van der Waals surface area contributed by atoms with Crippen LogP contribution in [0.15, 0.2) is 39.3 Å². The van der Waals surface area contributed by atoms with E-state index in [0.717, 1.165) is 11.0 Å². The molecule has 0 saturated heterocycles. The third-order valence-electron chi connectivity index (χ3n) is 4.29. The molecule has 1 aromatic carbocycles. The minimum Gasteiger partial charge on any atom is -0.493 e. The zero-order chi connectivity index (χ0) is 20.8. The maximum absolute atomic E-state index is 12.7. The molecule has 0 aliphatic rings. The van der Waals surface area contributed by atoms with Gasteiger partial charge in [0.1, 0.15) is 11.6 Å². The highest BCUT2D eigenvalue weighted by Gasteiger charge is 2.18. The first kappa shape index (κ1) is 20.8. The van der Waals surface area contributed by atoms with Crippen LogP contribution >= 0.6 is 0 Å². The van der Waals surface area contributed by atoms with E-state index in [2.05, 4.69) is 10.2 Å². The van der Waals surface area contributed by atoms with Crippen molar-refractivity contribution < 1.29 is 9.90 Å². The summed E-state index contributed by atoms with van der Waals surface area (Å²) >= 11 is 0. The number of aromatic hydroxyl groups is 1. The summed E-state index contributed by atoms with van der Waals surface area (Å²) in [4.78, 5) is 26.1. The number of amides is 1. The summed E-state index contributed by atoms with van der Waals surface area (Å²) in [6.45, 7) is 3.81. The van der Waals surface area contributed by atoms with Crippen LogP contribution in [0.4, 0.5) is 11.4 Å². The number of benzene rings is 1. The van der Waals surface area contributed by atoms with Crippen LogP contribution in [0.3, 0.4) is 0 Å². The van der Waals surface area contributed by atoms with Gasteiger partial charge in [0, 0.05) is 31.8 Å². The van der Waals surface area contributed by atoms with Gasteiger partial charge in [-0.2, -0.15) is 10.4 Å². The number of aromatic nitrogens is 1. The highest BCUT2D eigenvalue weighted by Crippen LogP contribution is 2.27. The van der Waals surface area contributed by atoms with Gasteiger partial charge in [-0.15, -0.1) is 5.11 Å². The fraction of sp³-hybridized carbons (Fsp3) is 0.350. The number of rotatable bonds is 6. The fourth-order valence-corrected chi connectivity index (χ4v) is 2.62. The van der Waals surface area contributed by atoms with Gasteiger partial charge in [-0.25, -0.2) is 0 Å². The van der Waals surface area contributed by atoms with Crippen molar-refractivity contribution in [2.75, 3.05) is 14.1 Å². The zero-order valence-electron chi connectivity index (χ0n) is 16.4. The van der Waals surface area contributed by atoms with Gasteiger partial charge in [-0.1, -0.05) is 13.3 Å². The monoisotopic (exact) mass is 381 g/mol. The number of pyridine rings is 1. The van der Waals surface area contributed by atoms with Crippen molar-refractivity contribution in [3.8, 4) is 11.9 Å². The Hall–Kier alpha value is -3.47. The second-order valence-corrected chi connectivity index (χ2v) is 6.54. The largest absolute Gasteiger partial charge is 0.493 e. The molecule has 0 aliphatic heterocycles. The van der Waals surface area contributed by atoms with Crippen LogP contribution in [0.1, 0.15) is 41.3 Å². The summed E-state index contributed by atoms with van der Waals surface area (Å²) in [6.07, 6.45) is 1.51. The Labute approximate surface area is 163 Å². The van der Waals surface area contributed by atoms with Crippen LogP contribution in [0.25, 0.3) is 0 Å². The van der Waals surface area contributed by atoms with E-state index in [1.54, 1.807) is 45.3 Å². The topological polar surface area (TPSA) is 111 Å². The smallest absolute Gasteiger partial charge is 0.281 e. The number of nitriles is 1. The molecule has 0 fully saturated rings. The standard InChI is InChI=1S/C20H23N5O3/c1-5-6-11-25-19(27)16(12-21)13(2)17(20(25)28)23-22-15-9-7-14(8-10-15)18(26)24(3)4/h7-10,27H,5-6,11H2,1-4H3. The number of azo groups is 1. The molecule has 28 heavy (non-hydrogen) atoms. The second-order valence-electron chi connectivity index (χ2n) is 6.54. The molecule has 0 bridgehead atoms. The molecule has 0 unspecified atom stereocenters. The molecule has 0 radical (unpaired) electrons. The number of nitrogens with zero attached hydrogens (tertiary/aromatic N) is 5. The Morgan fingerprint density at radius 3 is 2.43 bits per heavy atom. The normalized spacial score (nSPS) is 10.8. The van der Waals surface area contributed by atoms with Crippen LogP contribution in [0.5, 0.6) is 5.88 Å². The summed E-state index contributed by atoms with van der Waals surface area (Å²) < 4.78 is 1.16. The highest BCUT2D eigenvalue weighted by atomic mass is 16.3. The summed E-state index contributed by atoms with van der Waals surface area (Å²) in [7, 11) is 3.33. The minimum atomic E-state index is -0.495.